The first-order valence-corrected chi connectivity index (χ1v) is 7.48. The Labute approximate surface area is 135 Å². The van der Waals surface area contributed by atoms with E-state index in [0.717, 1.165) is 22.9 Å². The fourth-order valence-corrected chi connectivity index (χ4v) is 2.95. The number of guanidine groups is 1. The van der Waals surface area contributed by atoms with Gasteiger partial charge in [-0.3, -0.25) is 14.7 Å². The lowest BCUT2D eigenvalue weighted by atomic mass is 10.1. The minimum atomic E-state index is -0.0503. The van der Waals surface area contributed by atoms with Crippen LogP contribution in [0.2, 0.25) is 0 Å². The zero-order valence-electron chi connectivity index (χ0n) is 13.6. The third-order valence-corrected chi connectivity index (χ3v) is 4.14. The number of hydrogen-bond acceptors (Lipinski definition) is 2. The number of aliphatic imine (C=N–C) groups is 1. The first kappa shape index (κ1) is 15.1. The molecule has 1 aromatic heterocycles. The van der Waals surface area contributed by atoms with E-state index in [9.17, 15) is 4.79 Å². The van der Waals surface area contributed by atoms with Gasteiger partial charge in [-0.1, -0.05) is 18.2 Å². The van der Waals surface area contributed by atoms with Crippen LogP contribution in [0, 0.1) is 0 Å². The van der Waals surface area contributed by atoms with Gasteiger partial charge in [0.2, 0.25) is 5.96 Å². The number of aromatic amines is 1. The summed E-state index contributed by atoms with van der Waals surface area (Å²) in [6.45, 7) is 3.77. The predicted molar refractivity (Wildman–Crippen MR) is 94.1 cm³/mol. The van der Waals surface area contributed by atoms with Crippen LogP contribution in [0.1, 0.15) is 11.1 Å². The number of carbonyl (C=O) groups excluding carboxylic acids is 1. The number of likely N-dealkylation sites (N-methyl/N-ethyl adjacent to an activating group) is 2. The standard InChI is InChI=1S/C18H20N4O/c1-5-6-12-7-8-14-13(11-20-15(14)9-12)10-16-17(23)22(4)18(19-2)21(16)3/h5,7-11,20H,1,6H2,2-4H3. The van der Waals surface area contributed by atoms with E-state index in [2.05, 4.69) is 34.8 Å². The Morgan fingerprint density at radius 1 is 1.30 bits per heavy atom. The Hall–Kier alpha value is -2.82. The molecule has 118 valence electrons. The molecule has 2 heterocycles. The van der Waals surface area contributed by atoms with E-state index in [1.807, 2.05) is 30.3 Å². The molecule has 1 saturated heterocycles. The lowest BCUT2D eigenvalue weighted by Gasteiger charge is -2.12. The third kappa shape index (κ3) is 2.44. The van der Waals surface area contributed by atoms with E-state index in [-0.39, 0.29) is 5.91 Å². The summed E-state index contributed by atoms with van der Waals surface area (Å²) in [6, 6.07) is 6.28. The first-order chi connectivity index (χ1) is 11.1. The number of hydrogen-bond donors (Lipinski definition) is 1. The van der Waals surface area contributed by atoms with Gasteiger partial charge >= 0.3 is 0 Å². The molecule has 0 bridgehead atoms. The van der Waals surface area contributed by atoms with Crippen molar-refractivity contribution < 1.29 is 4.79 Å². The van der Waals surface area contributed by atoms with Crippen molar-refractivity contribution >= 4 is 28.8 Å². The fourth-order valence-electron chi connectivity index (χ4n) is 2.95. The molecular formula is C18H20N4O. The maximum Gasteiger partial charge on any atom is 0.277 e. The number of H-pyrrole nitrogens is 1. The lowest BCUT2D eigenvalue weighted by molar-refractivity contribution is -0.121. The molecule has 23 heavy (non-hydrogen) atoms. The second kappa shape index (κ2) is 5.76. The predicted octanol–water partition coefficient (Wildman–Crippen LogP) is 2.63. The van der Waals surface area contributed by atoms with Crippen molar-refractivity contribution in [2.45, 2.75) is 6.42 Å². The highest BCUT2D eigenvalue weighted by molar-refractivity contribution is 6.15. The minimum Gasteiger partial charge on any atom is -0.361 e. The van der Waals surface area contributed by atoms with Gasteiger partial charge in [0.15, 0.2) is 0 Å². The van der Waals surface area contributed by atoms with Gasteiger partial charge in [0.05, 0.1) is 0 Å². The van der Waals surface area contributed by atoms with Crippen molar-refractivity contribution in [3.05, 3.63) is 53.9 Å². The maximum absolute atomic E-state index is 12.4. The summed E-state index contributed by atoms with van der Waals surface area (Å²) in [5.74, 6) is 0.597. The zero-order chi connectivity index (χ0) is 16.6. The monoisotopic (exact) mass is 308 g/mol. The molecule has 1 fully saturated rings. The third-order valence-electron chi connectivity index (χ3n) is 4.14. The molecular weight excluding hydrogens is 288 g/mol. The van der Waals surface area contributed by atoms with Crippen molar-refractivity contribution in [2.75, 3.05) is 21.1 Å². The molecule has 3 rings (SSSR count). The molecule has 0 aliphatic carbocycles. The Morgan fingerprint density at radius 3 is 2.74 bits per heavy atom. The van der Waals surface area contributed by atoms with E-state index in [0.29, 0.717) is 11.7 Å². The van der Waals surface area contributed by atoms with Crippen molar-refractivity contribution in [1.82, 2.24) is 14.8 Å². The van der Waals surface area contributed by atoms with E-state index in [4.69, 9.17) is 0 Å². The fraction of sp³-hybridized carbons (Fsp3) is 0.222. The highest BCUT2D eigenvalue weighted by Crippen LogP contribution is 2.26. The van der Waals surface area contributed by atoms with Gasteiger partial charge < -0.3 is 9.88 Å². The summed E-state index contributed by atoms with van der Waals surface area (Å²) >= 11 is 0. The molecule has 1 aliphatic rings. The highest BCUT2D eigenvalue weighted by atomic mass is 16.2. The number of amides is 1. The number of carbonyl (C=O) groups is 1. The van der Waals surface area contributed by atoms with Gasteiger partial charge in [0, 0.05) is 43.8 Å². The average Bonchev–Trinajstić information content (AvgIpc) is 3.02. The smallest absolute Gasteiger partial charge is 0.277 e. The largest absolute Gasteiger partial charge is 0.361 e. The van der Waals surface area contributed by atoms with Crippen LogP contribution in [0.4, 0.5) is 0 Å². The van der Waals surface area contributed by atoms with Gasteiger partial charge in [-0.05, 0) is 24.1 Å². The van der Waals surface area contributed by atoms with Crippen LogP contribution in [-0.4, -0.2) is 47.8 Å². The number of rotatable bonds is 3. The van der Waals surface area contributed by atoms with Gasteiger partial charge in [-0.15, -0.1) is 6.58 Å². The van der Waals surface area contributed by atoms with Gasteiger partial charge in [0.25, 0.3) is 5.91 Å². The van der Waals surface area contributed by atoms with E-state index in [1.165, 1.54) is 5.56 Å². The number of benzene rings is 1. The molecule has 5 nitrogen and oxygen atoms in total. The second-order valence-corrected chi connectivity index (χ2v) is 5.59. The average molecular weight is 308 g/mol. The van der Waals surface area contributed by atoms with Crippen LogP contribution in [0.25, 0.3) is 17.0 Å². The topological polar surface area (TPSA) is 51.7 Å². The zero-order valence-corrected chi connectivity index (χ0v) is 13.6. The van der Waals surface area contributed by atoms with Crippen molar-refractivity contribution in [3.8, 4) is 0 Å². The number of nitrogens with zero attached hydrogens (tertiary/aromatic N) is 3. The summed E-state index contributed by atoms with van der Waals surface area (Å²) in [7, 11) is 5.27. The number of nitrogens with one attached hydrogen (secondary N) is 1. The molecule has 0 saturated carbocycles. The molecule has 2 aromatic rings. The van der Waals surface area contributed by atoms with Crippen LogP contribution in [0.15, 0.2) is 47.7 Å². The van der Waals surface area contributed by atoms with Gasteiger partial charge in [-0.25, -0.2) is 0 Å². The minimum absolute atomic E-state index is 0.0503. The summed E-state index contributed by atoms with van der Waals surface area (Å²) < 4.78 is 0. The molecule has 5 heteroatoms. The SMILES string of the molecule is C=CCc1ccc2c(C=C3C(=O)N(C)C(=NC)N3C)c[nH]c2c1. The normalized spacial score (nSPS) is 18.7. The Kier molecular flexibility index (Phi) is 3.78. The van der Waals surface area contributed by atoms with E-state index >= 15 is 0 Å². The van der Waals surface area contributed by atoms with Gasteiger partial charge in [-0.2, -0.15) is 0 Å². The van der Waals surface area contributed by atoms with Gasteiger partial charge in [0.1, 0.15) is 5.70 Å². The second-order valence-electron chi connectivity index (χ2n) is 5.59. The Morgan fingerprint density at radius 2 is 2.09 bits per heavy atom. The van der Waals surface area contributed by atoms with E-state index < -0.39 is 0 Å². The molecule has 0 radical (unpaired) electrons. The van der Waals surface area contributed by atoms with Crippen LogP contribution in [0.3, 0.4) is 0 Å². The number of allylic oxidation sites excluding steroid dienone is 1. The summed E-state index contributed by atoms with van der Waals surface area (Å²) in [4.78, 5) is 23.2. The molecule has 0 spiro atoms. The van der Waals surface area contributed by atoms with E-state index in [1.54, 1.807) is 19.0 Å². The summed E-state index contributed by atoms with van der Waals surface area (Å²) in [6.07, 6.45) is 6.56. The van der Waals surface area contributed by atoms with Crippen LogP contribution in [-0.2, 0) is 11.2 Å². The summed E-state index contributed by atoms with van der Waals surface area (Å²) in [5, 5.41) is 1.09. The highest BCUT2D eigenvalue weighted by Gasteiger charge is 2.33. The number of fused-ring (bicyclic) bond motifs is 1. The Bertz CT molecular complexity index is 844. The quantitative estimate of drug-likeness (QED) is 0.700. The van der Waals surface area contributed by atoms with Crippen molar-refractivity contribution in [3.63, 3.8) is 0 Å². The maximum atomic E-state index is 12.4. The number of aromatic nitrogens is 1. The molecule has 0 atom stereocenters. The molecule has 1 N–H and O–H groups in total. The van der Waals surface area contributed by atoms with Crippen LogP contribution >= 0.6 is 0 Å². The van der Waals surface area contributed by atoms with Crippen molar-refractivity contribution in [2.24, 2.45) is 4.99 Å². The van der Waals surface area contributed by atoms with Crippen LogP contribution < -0.4 is 0 Å². The van der Waals surface area contributed by atoms with Crippen LogP contribution in [0.5, 0.6) is 0 Å². The molecule has 0 unspecified atom stereocenters. The van der Waals surface area contributed by atoms with Crippen molar-refractivity contribution in [1.29, 1.82) is 0 Å². The first-order valence-electron chi connectivity index (χ1n) is 7.48. The lowest BCUT2D eigenvalue weighted by Crippen LogP contribution is -2.29. The molecule has 1 aromatic carbocycles. The summed E-state index contributed by atoms with van der Waals surface area (Å²) in [5.41, 5.74) is 3.88. The molecule has 1 aliphatic heterocycles. The Balaban J connectivity index is 2.04. The molecule has 1 amide bonds.